The van der Waals surface area contributed by atoms with Crippen LogP contribution >= 0.6 is 11.8 Å². The second-order valence-electron chi connectivity index (χ2n) is 4.94. The molecule has 5 nitrogen and oxygen atoms in total. The first-order valence-electron chi connectivity index (χ1n) is 6.68. The fraction of sp³-hybridized carbons (Fsp3) is 0.333. The number of aromatic nitrogens is 3. The van der Waals surface area contributed by atoms with Crippen LogP contribution in [-0.4, -0.2) is 27.3 Å². The Balaban J connectivity index is 2.50. The van der Waals surface area contributed by atoms with E-state index in [1.807, 2.05) is 51.3 Å². The maximum atomic E-state index is 12.4. The molecule has 0 saturated heterocycles. The van der Waals surface area contributed by atoms with Crippen molar-refractivity contribution in [3.8, 4) is 0 Å². The first-order valence-corrected chi connectivity index (χ1v) is 7.90. The van der Waals surface area contributed by atoms with E-state index in [1.165, 1.54) is 16.4 Å². The zero-order valence-electron chi connectivity index (χ0n) is 12.6. The summed E-state index contributed by atoms with van der Waals surface area (Å²) in [6.07, 6.45) is 3.53. The third kappa shape index (κ3) is 3.39. The highest BCUT2D eigenvalue weighted by atomic mass is 32.2. The van der Waals surface area contributed by atoms with Gasteiger partial charge in [0.15, 0.2) is 0 Å². The molecule has 2 aromatic rings. The molecule has 1 aromatic heterocycles. The average Bonchev–Trinajstić information content (AvgIpc) is 2.46. The SMILES string of the molecule is CSc1nnc(C(C)C)c(=O)n1N=Cc1ccccc1C. The van der Waals surface area contributed by atoms with Crippen molar-refractivity contribution < 1.29 is 0 Å². The number of rotatable bonds is 4. The molecular weight excluding hydrogens is 284 g/mol. The van der Waals surface area contributed by atoms with Gasteiger partial charge in [-0.05, 0) is 24.3 Å². The van der Waals surface area contributed by atoms with E-state index >= 15 is 0 Å². The van der Waals surface area contributed by atoms with Crippen molar-refractivity contribution in [3.63, 3.8) is 0 Å². The lowest BCUT2D eigenvalue weighted by molar-refractivity contribution is 0.605. The fourth-order valence-corrected chi connectivity index (χ4v) is 2.25. The number of thioether (sulfide) groups is 1. The van der Waals surface area contributed by atoms with Crippen LogP contribution in [0.5, 0.6) is 0 Å². The minimum absolute atomic E-state index is 0.0146. The van der Waals surface area contributed by atoms with Crippen molar-refractivity contribution in [3.05, 3.63) is 51.4 Å². The predicted octanol–water partition coefficient (Wildman–Crippen LogP) is 2.67. The van der Waals surface area contributed by atoms with Gasteiger partial charge in [0.1, 0.15) is 5.69 Å². The molecule has 0 fully saturated rings. The second kappa shape index (κ2) is 6.67. The molecule has 1 heterocycles. The average molecular weight is 302 g/mol. The summed E-state index contributed by atoms with van der Waals surface area (Å²) in [7, 11) is 0. The molecule has 0 atom stereocenters. The number of nitrogens with zero attached hydrogens (tertiary/aromatic N) is 4. The fourth-order valence-electron chi connectivity index (χ4n) is 1.82. The van der Waals surface area contributed by atoms with Crippen LogP contribution in [0.3, 0.4) is 0 Å². The van der Waals surface area contributed by atoms with Gasteiger partial charge in [-0.25, -0.2) is 0 Å². The number of aryl methyl sites for hydroxylation is 1. The molecule has 0 amide bonds. The van der Waals surface area contributed by atoms with Crippen molar-refractivity contribution in [1.82, 2.24) is 14.9 Å². The maximum Gasteiger partial charge on any atom is 0.297 e. The molecule has 0 spiro atoms. The largest absolute Gasteiger partial charge is 0.297 e. The van der Waals surface area contributed by atoms with Crippen LogP contribution < -0.4 is 5.56 Å². The monoisotopic (exact) mass is 302 g/mol. The number of hydrogen-bond donors (Lipinski definition) is 0. The molecular formula is C15H18N4OS. The predicted molar refractivity (Wildman–Crippen MR) is 86.3 cm³/mol. The molecule has 110 valence electrons. The molecule has 0 aliphatic heterocycles. The minimum atomic E-state index is -0.214. The molecule has 0 aliphatic carbocycles. The van der Waals surface area contributed by atoms with E-state index in [1.54, 1.807) is 6.21 Å². The van der Waals surface area contributed by atoms with E-state index in [2.05, 4.69) is 15.3 Å². The van der Waals surface area contributed by atoms with Gasteiger partial charge in [0.2, 0.25) is 5.16 Å². The van der Waals surface area contributed by atoms with Crippen LogP contribution in [0.4, 0.5) is 0 Å². The van der Waals surface area contributed by atoms with E-state index in [9.17, 15) is 4.79 Å². The molecule has 2 rings (SSSR count). The molecule has 21 heavy (non-hydrogen) atoms. The molecule has 0 radical (unpaired) electrons. The quantitative estimate of drug-likeness (QED) is 0.643. The van der Waals surface area contributed by atoms with Crippen molar-refractivity contribution >= 4 is 18.0 Å². The normalized spacial score (nSPS) is 11.5. The van der Waals surface area contributed by atoms with Crippen LogP contribution in [0.1, 0.15) is 36.6 Å². The first kappa shape index (κ1) is 15.4. The van der Waals surface area contributed by atoms with Gasteiger partial charge >= 0.3 is 0 Å². The Bertz CT molecular complexity index is 722. The zero-order valence-corrected chi connectivity index (χ0v) is 13.4. The van der Waals surface area contributed by atoms with Crippen molar-refractivity contribution in [2.45, 2.75) is 31.8 Å². The van der Waals surface area contributed by atoms with Crippen LogP contribution in [0.25, 0.3) is 0 Å². The van der Waals surface area contributed by atoms with E-state index in [0.717, 1.165) is 11.1 Å². The van der Waals surface area contributed by atoms with E-state index in [4.69, 9.17) is 0 Å². The highest BCUT2D eigenvalue weighted by Gasteiger charge is 2.13. The summed E-state index contributed by atoms with van der Waals surface area (Å²) in [6, 6.07) is 7.87. The summed E-state index contributed by atoms with van der Waals surface area (Å²) >= 11 is 1.34. The van der Waals surface area contributed by atoms with Crippen molar-refractivity contribution in [2.24, 2.45) is 5.10 Å². The highest BCUT2D eigenvalue weighted by Crippen LogP contribution is 2.12. The Morgan fingerprint density at radius 3 is 2.62 bits per heavy atom. The smallest absolute Gasteiger partial charge is 0.265 e. The lowest BCUT2D eigenvalue weighted by Gasteiger charge is -2.08. The highest BCUT2D eigenvalue weighted by molar-refractivity contribution is 7.98. The van der Waals surface area contributed by atoms with E-state index < -0.39 is 0 Å². The van der Waals surface area contributed by atoms with Crippen LogP contribution in [-0.2, 0) is 0 Å². The standard InChI is InChI=1S/C15H18N4OS/c1-10(2)13-14(20)19(15(21-4)18-17-13)16-9-12-8-6-5-7-11(12)3/h5-10H,1-4H3. The molecule has 0 aliphatic rings. The van der Waals surface area contributed by atoms with Gasteiger partial charge in [-0.3, -0.25) is 4.79 Å². The van der Waals surface area contributed by atoms with Gasteiger partial charge < -0.3 is 0 Å². The second-order valence-corrected chi connectivity index (χ2v) is 5.72. The summed E-state index contributed by atoms with van der Waals surface area (Å²) < 4.78 is 1.32. The van der Waals surface area contributed by atoms with Gasteiger partial charge in [-0.2, -0.15) is 9.78 Å². The molecule has 0 bridgehead atoms. The lowest BCUT2D eigenvalue weighted by Crippen LogP contribution is -2.26. The Morgan fingerprint density at radius 1 is 1.29 bits per heavy atom. The Hall–Kier alpha value is -1.95. The van der Waals surface area contributed by atoms with Crippen molar-refractivity contribution in [1.29, 1.82) is 0 Å². The summed E-state index contributed by atoms with van der Waals surface area (Å²) in [4.78, 5) is 12.4. The third-order valence-corrected chi connectivity index (χ3v) is 3.69. The Labute approximate surface area is 128 Å². The molecule has 0 unspecified atom stereocenters. The van der Waals surface area contributed by atoms with Gasteiger partial charge in [0.05, 0.1) is 6.21 Å². The number of benzene rings is 1. The number of hydrogen-bond acceptors (Lipinski definition) is 5. The van der Waals surface area contributed by atoms with Crippen LogP contribution in [0.2, 0.25) is 0 Å². The minimum Gasteiger partial charge on any atom is -0.265 e. The molecule has 6 heteroatoms. The third-order valence-electron chi connectivity index (χ3n) is 3.07. The summed E-state index contributed by atoms with van der Waals surface area (Å²) in [5.41, 5.74) is 2.29. The van der Waals surface area contributed by atoms with Crippen molar-refractivity contribution in [2.75, 3.05) is 6.26 Å². The Morgan fingerprint density at radius 2 is 2.00 bits per heavy atom. The Kier molecular flexibility index (Phi) is 4.90. The summed E-state index contributed by atoms with van der Waals surface area (Å²) in [6.45, 7) is 5.84. The first-order chi connectivity index (χ1) is 10.0. The van der Waals surface area contributed by atoms with Gasteiger partial charge in [0, 0.05) is 5.92 Å². The van der Waals surface area contributed by atoms with Gasteiger partial charge in [0.25, 0.3) is 5.56 Å². The zero-order chi connectivity index (χ0) is 15.4. The van der Waals surface area contributed by atoms with Gasteiger partial charge in [-0.15, -0.1) is 10.2 Å². The molecule has 0 saturated carbocycles. The maximum absolute atomic E-state index is 12.4. The summed E-state index contributed by atoms with van der Waals surface area (Å²) in [5.74, 6) is 0.0146. The molecule has 0 N–H and O–H groups in total. The van der Waals surface area contributed by atoms with Gasteiger partial charge in [-0.1, -0.05) is 49.9 Å². The van der Waals surface area contributed by atoms with Crippen LogP contribution in [0, 0.1) is 6.92 Å². The van der Waals surface area contributed by atoms with Crippen LogP contribution in [0.15, 0.2) is 39.3 Å². The lowest BCUT2D eigenvalue weighted by atomic mass is 10.1. The summed E-state index contributed by atoms with van der Waals surface area (Å²) in [5, 5.41) is 12.9. The van der Waals surface area contributed by atoms with E-state index in [0.29, 0.717) is 10.9 Å². The van der Waals surface area contributed by atoms with E-state index in [-0.39, 0.29) is 11.5 Å². The topological polar surface area (TPSA) is 60.1 Å². The molecule has 1 aromatic carbocycles.